The van der Waals surface area contributed by atoms with Gasteiger partial charge in [0.25, 0.3) is 5.91 Å². The van der Waals surface area contributed by atoms with E-state index in [1.165, 1.54) is 12.7 Å². The Morgan fingerprint density at radius 1 is 1.14 bits per heavy atom. The normalized spacial score (nSPS) is 10.7. The van der Waals surface area contributed by atoms with E-state index in [4.69, 9.17) is 4.74 Å². The van der Waals surface area contributed by atoms with Crippen molar-refractivity contribution in [2.45, 2.75) is 20.8 Å². The molecule has 114 valence electrons. The van der Waals surface area contributed by atoms with Crippen LogP contribution in [0.4, 0.5) is 0 Å². The standard InChI is InChI=1S/C18H20N2O2/c1-12-9-13(2)16(14(3)10-12)11-19-20-18(21)15-7-5-6-8-17(15)22-4/h5-11H,1-4H3,(H,20,21). The van der Waals surface area contributed by atoms with Crippen LogP contribution in [-0.4, -0.2) is 19.2 Å². The van der Waals surface area contributed by atoms with Crippen molar-refractivity contribution >= 4 is 12.1 Å². The second kappa shape index (κ2) is 6.89. The topological polar surface area (TPSA) is 50.7 Å². The molecular weight excluding hydrogens is 276 g/mol. The highest BCUT2D eigenvalue weighted by atomic mass is 16.5. The highest BCUT2D eigenvalue weighted by molar-refractivity contribution is 5.97. The first-order chi connectivity index (χ1) is 10.5. The average molecular weight is 296 g/mol. The summed E-state index contributed by atoms with van der Waals surface area (Å²) in [4.78, 5) is 12.1. The van der Waals surface area contributed by atoms with Gasteiger partial charge in [0, 0.05) is 5.56 Å². The first kappa shape index (κ1) is 15.8. The number of aryl methyl sites for hydroxylation is 3. The Labute approximate surface area is 130 Å². The smallest absolute Gasteiger partial charge is 0.275 e. The molecule has 0 aliphatic rings. The molecule has 1 N–H and O–H groups in total. The highest BCUT2D eigenvalue weighted by Gasteiger charge is 2.10. The maximum absolute atomic E-state index is 12.1. The van der Waals surface area contributed by atoms with Gasteiger partial charge in [0.15, 0.2) is 0 Å². The van der Waals surface area contributed by atoms with Crippen molar-refractivity contribution in [3.05, 3.63) is 64.2 Å². The van der Waals surface area contributed by atoms with Gasteiger partial charge in [0.2, 0.25) is 0 Å². The molecule has 0 aromatic heterocycles. The molecule has 0 saturated carbocycles. The summed E-state index contributed by atoms with van der Waals surface area (Å²) in [5, 5.41) is 4.06. The summed E-state index contributed by atoms with van der Waals surface area (Å²) in [7, 11) is 1.54. The van der Waals surface area contributed by atoms with Crippen LogP contribution in [0.2, 0.25) is 0 Å². The number of hydrazone groups is 1. The zero-order valence-electron chi connectivity index (χ0n) is 13.3. The van der Waals surface area contributed by atoms with E-state index in [-0.39, 0.29) is 5.91 Å². The number of carbonyl (C=O) groups is 1. The van der Waals surface area contributed by atoms with E-state index < -0.39 is 0 Å². The lowest BCUT2D eigenvalue weighted by Crippen LogP contribution is -2.18. The molecule has 4 nitrogen and oxygen atoms in total. The number of benzene rings is 2. The monoisotopic (exact) mass is 296 g/mol. The van der Waals surface area contributed by atoms with Crippen LogP contribution in [0.15, 0.2) is 41.5 Å². The largest absolute Gasteiger partial charge is 0.496 e. The number of nitrogens with one attached hydrogen (secondary N) is 1. The number of nitrogens with zero attached hydrogens (tertiary/aromatic N) is 1. The first-order valence-electron chi connectivity index (χ1n) is 7.07. The third-order valence-corrected chi connectivity index (χ3v) is 3.45. The van der Waals surface area contributed by atoms with Crippen molar-refractivity contribution < 1.29 is 9.53 Å². The fourth-order valence-electron chi connectivity index (χ4n) is 2.44. The van der Waals surface area contributed by atoms with Gasteiger partial charge in [-0.05, 0) is 44.0 Å². The van der Waals surface area contributed by atoms with Crippen molar-refractivity contribution in [1.82, 2.24) is 5.43 Å². The summed E-state index contributed by atoms with van der Waals surface area (Å²) in [6.07, 6.45) is 1.68. The second-order valence-corrected chi connectivity index (χ2v) is 5.21. The fourth-order valence-corrected chi connectivity index (χ4v) is 2.44. The molecule has 0 atom stereocenters. The summed E-state index contributed by atoms with van der Waals surface area (Å²) >= 11 is 0. The zero-order valence-corrected chi connectivity index (χ0v) is 13.3. The Hall–Kier alpha value is -2.62. The molecule has 0 bridgehead atoms. The third kappa shape index (κ3) is 3.52. The van der Waals surface area contributed by atoms with E-state index in [2.05, 4.69) is 29.6 Å². The number of hydrogen-bond donors (Lipinski definition) is 1. The van der Waals surface area contributed by atoms with Gasteiger partial charge in [-0.25, -0.2) is 5.43 Å². The van der Waals surface area contributed by atoms with E-state index in [9.17, 15) is 4.79 Å². The first-order valence-corrected chi connectivity index (χ1v) is 7.07. The summed E-state index contributed by atoms with van der Waals surface area (Å²) in [5.74, 6) is 0.231. The molecule has 4 heteroatoms. The zero-order chi connectivity index (χ0) is 16.1. The number of hydrogen-bond acceptors (Lipinski definition) is 3. The lowest BCUT2D eigenvalue weighted by Gasteiger charge is -2.08. The average Bonchev–Trinajstić information content (AvgIpc) is 2.49. The number of amides is 1. The van der Waals surface area contributed by atoms with E-state index in [0.29, 0.717) is 11.3 Å². The van der Waals surface area contributed by atoms with Crippen LogP contribution in [0.3, 0.4) is 0 Å². The van der Waals surface area contributed by atoms with Crippen LogP contribution >= 0.6 is 0 Å². The Balaban J connectivity index is 2.15. The van der Waals surface area contributed by atoms with E-state index in [1.807, 2.05) is 19.9 Å². The van der Waals surface area contributed by atoms with Crippen molar-refractivity contribution in [3.8, 4) is 5.75 Å². The van der Waals surface area contributed by atoms with Crippen molar-refractivity contribution in [3.63, 3.8) is 0 Å². The number of para-hydroxylation sites is 1. The van der Waals surface area contributed by atoms with Crippen LogP contribution in [0, 0.1) is 20.8 Å². The van der Waals surface area contributed by atoms with Gasteiger partial charge < -0.3 is 4.74 Å². The van der Waals surface area contributed by atoms with Gasteiger partial charge >= 0.3 is 0 Å². The van der Waals surface area contributed by atoms with Crippen LogP contribution in [0.1, 0.15) is 32.6 Å². The SMILES string of the molecule is COc1ccccc1C(=O)NN=Cc1c(C)cc(C)cc1C. The quantitative estimate of drug-likeness (QED) is 0.694. The lowest BCUT2D eigenvalue weighted by molar-refractivity contribution is 0.0952. The molecular formula is C18H20N2O2. The molecule has 0 radical (unpaired) electrons. The Morgan fingerprint density at radius 2 is 1.77 bits per heavy atom. The van der Waals surface area contributed by atoms with Crippen LogP contribution in [-0.2, 0) is 0 Å². The summed E-state index contributed by atoms with van der Waals surface area (Å²) in [6, 6.07) is 11.2. The molecule has 0 fully saturated rings. The van der Waals surface area contributed by atoms with Crippen LogP contribution in [0.5, 0.6) is 5.75 Å². The minimum absolute atomic E-state index is 0.295. The third-order valence-electron chi connectivity index (χ3n) is 3.45. The molecule has 1 amide bonds. The van der Waals surface area contributed by atoms with Gasteiger partial charge in [-0.3, -0.25) is 4.79 Å². The van der Waals surface area contributed by atoms with Crippen molar-refractivity contribution in [2.75, 3.05) is 7.11 Å². The van der Waals surface area contributed by atoms with Gasteiger partial charge in [-0.2, -0.15) is 5.10 Å². The fraction of sp³-hybridized carbons (Fsp3) is 0.222. The highest BCUT2D eigenvalue weighted by Crippen LogP contribution is 2.17. The summed E-state index contributed by atoms with van der Waals surface area (Å²) < 4.78 is 5.17. The molecule has 2 aromatic carbocycles. The summed E-state index contributed by atoms with van der Waals surface area (Å²) in [6.45, 7) is 6.12. The van der Waals surface area contributed by atoms with Gasteiger partial charge in [-0.15, -0.1) is 0 Å². The van der Waals surface area contributed by atoms with Crippen LogP contribution in [0.25, 0.3) is 0 Å². The molecule has 0 aliphatic heterocycles. The molecule has 0 aliphatic carbocycles. The summed E-state index contributed by atoms with van der Waals surface area (Å²) in [5.41, 5.74) is 7.50. The van der Waals surface area contributed by atoms with Gasteiger partial charge in [0.1, 0.15) is 5.75 Å². The Bertz CT molecular complexity index is 698. The molecule has 2 aromatic rings. The predicted octanol–water partition coefficient (Wildman–Crippen LogP) is 3.38. The lowest BCUT2D eigenvalue weighted by atomic mass is 10.0. The minimum Gasteiger partial charge on any atom is -0.496 e. The predicted molar refractivity (Wildman–Crippen MR) is 88.7 cm³/mol. The second-order valence-electron chi connectivity index (χ2n) is 5.21. The van der Waals surface area contributed by atoms with Gasteiger partial charge in [-0.1, -0.05) is 29.8 Å². The molecule has 0 saturated heterocycles. The van der Waals surface area contributed by atoms with Crippen molar-refractivity contribution in [2.24, 2.45) is 5.10 Å². The number of methoxy groups -OCH3 is 1. The van der Waals surface area contributed by atoms with E-state index in [1.54, 1.807) is 24.4 Å². The number of carbonyl (C=O) groups excluding carboxylic acids is 1. The Morgan fingerprint density at radius 3 is 2.41 bits per heavy atom. The number of rotatable bonds is 4. The van der Waals surface area contributed by atoms with E-state index >= 15 is 0 Å². The number of ether oxygens (including phenoxy) is 1. The maximum atomic E-state index is 12.1. The minimum atomic E-state index is -0.295. The molecule has 0 unspecified atom stereocenters. The molecule has 0 heterocycles. The molecule has 22 heavy (non-hydrogen) atoms. The molecule has 0 spiro atoms. The van der Waals surface area contributed by atoms with E-state index in [0.717, 1.165) is 16.7 Å². The van der Waals surface area contributed by atoms with Crippen LogP contribution < -0.4 is 10.2 Å². The van der Waals surface area contributed by atoms with Gasteiger partial charge in [0.05, 0.1) is 18.9 Å². The molecule has 2 rings (SSSR count). The van der Waals surface area contributed by atoms with Crippen molar-refractivity contribution in [1.29, 1.82) is 0 Å². The maximum Gasteiger partial charge on any atom is 0.275 e. The Kier molecular flexibility index (Phi) is 4.94.